The van der Waals surface area contributed by atoms with Crippen LogP contribution in [-0.4, -0.2) is 32.1 Å². The smallest absolute Gasteiger partial charge is 0.255 e. The van der Waals surface area contributed by atoms with Gasteiger partial charge in [-0.25, -0.2) is 0 Å². The Morgan fingerprint density at radius 1 is 1.28 bits per heavy atom. The molecule has 0 aliphatic carbocycles. The molecule has 2 amide bonds. The van der Waals surface area contributed by atoms with Crippen molar-refractivity contribution in [2.24, 2.45) is 0 Å². The summed E-state index contributed by atoms with van der Waals surface area (Å²) in [5.41, 5.74) is 2.82. The van der Waals surface area contributed by atoms with Gasteiger partial charge in [-0.05, 0) is 55.7 Å². The molecular weight excluding hydrogens is 392 g/mol. The van der Waals surface area contributed by atoms with Crippen molar-refractivity contribution in [3.05, 3.63) is 46.5 Å². The number of methoxy groups -OCH3 is 1. The first-order valence-electron chi connectivity index (χ1n) is 9.67. The first-order valence-corrected chi connectivity index (χ1v) is 10.0. The third-order valence-electron chi connectivity index (χ3n) is 4.76. The number of amides is 2. The molecule has 1 saturated heterocycles. The van der Waals surface area contributed by atoms with Gasteiger partial charge in [0.2, 0.25) is 5.91 Å². The van der Waals surface area contributed by atoms with Crippen molar-refractivity contribution in [2.45, 2.75) is 33.1 Å². The Kier molecular flexibility index (Phi) is 6.64. The van der Waals surface area contributed by atoms with E-state index < -0.39 is 0 Å². The Morgan fingerprint density at radius 3 is 2.69 bits per heavy atom. The number of benzene rings is 2. The average Bonchev–Trinajstić information content (AvgIpc) is 3.12. The van der Waals surface area contributed by atoms with Crippen LogP contribution in [0.4, 0.5) is 11.4 Å². The fourth-order valence-corrected chi connectivity index (χ4v) is 3.60. The molecule has 1 heterocycles. The van der Waals surface area contributed by atoms with E-state index in [0.29, 0.717) is 40.8 Å². The van der Waals surface area contributed by atoms with Gasteiger partial charge in [-0.2, -0.15) is 0 Å². The van der Waals surface area contributed by atoms with Crippen molar-refractivity contribution in [2.75, 3.05) is 30.5 Å². The fraction of sp³-hybridized carbons (Fsp3) is 0.364. The lowest BCUT2D eigenvalue weighted by molar-refractivity contribution is -0.117. The maximum Gasteiger partial charge on any atom is 0.255 e. The monoisotopic (exact) mass is 416 g/mol. The van der Waals surface area contributed by atoms with Crippen LogP contribution in [0.1, 0.15) is 42.1 Å². The van der Waals surface area contributed by atoms with Crippen LogP contribution in [0.5, 0.6) is 11.5 Å². The lowest BCUT2D eigenvalue weighted by Crippen LogP contribution is -2.24. The van der Waals surface area contributed by atoms with E-state index in [1.807, 2.05) is 26.0 Å². The van der Waals surface area contributed by atoms with E-state index in [2.05, 4.69) is 5.32 Å². The van der Waals surface area contributed by atoms with Gasteiger partial charge in [-0.3, -0.25) is 9.59 Å². The second-order valence-electron chi connectivity index (χ2n) is 6.94. The predicted molar refractivity (Wildman–Crippen MR) is 115 cm³/mol. The maximum absolute atomic E-state index is 12.7. The summed E-state index contributed by atoms with van der Waals surface area (Å²) in [6, 6.07) is 8.69. The molecule has 0 saturated carbocycles. The Labute approximate surface area is 175 Å². The van der Waals surface area contributed by atoms with Crippen LogP contribution >= 0.6 is 11.6 Å². The first kappa shape index (κ1) is 21.0. The SMILES string of the molecule is CCCOc1c(Cl)cc(C(=O)Nc2ccc(N3CCCC3=O)c(C)c2)cc1OC. The van der Waals surface area contributed by atoms with Crippen molar-refractivity contribution in [1.82, 2.24) is 0 Å². The van der Waals surface area contributed by atoms with Gasteiger partial charge in [0.15, 0.2) is 11.5 Å². The quantitative estimate of drug-likeness (QED) is 0.702. The molecule has 1 fully saturated rings. The largest absolute Gasteiger partial charge is 0.493 e. The van der Waals surface area contributed by atoms with Gasteiger partial charge < -0.3 is 19.7 Å². The standard InChI is InChI=1S/C22H25ClN2O4/c1-4-10-29-21-17(23)12-15(13-19(21)28-3)22(27)24-16-7-8-18(14(2)11-16)25-9-5-6-20(25)26/h7-8,11-13H,4-6,9-10H2,1-3H3,(H,24,27). The van der Waals surface area contributed by atoms with Crippen LogP contribution in [0.25, 0.3) is 0 Å². The molecule has 0 aromatic heterocycles. The van der Waals surface area contributed by atoms with Crippen LogP contribution in [-0.2, 0) is 4.79 Å². The molecule has 1 aliphatic rings. The van der Waals surface area contributed by atoms with E-state index in [0.717, 1.165) is 30.6 Å². The van der Waals surface area contributed by atoms with Gasteiger partial charge >= 0.3 is 0 Å². The number of hydrogen-bond donors (Lipinski definition) is 1. The number of nitrogens with one attached hydrogen (secondary N) is 1. The molecule has 0 unspecified atom stereocenters. The number of carbonyl (C=O) groups is 2. The van der Waals surface area contributed by atoms with Gasteiger partial charge in [0, 0.05) is 29.9 Å². The molecule has 1 N–H and O–H groups in total. The molecule has 2 aromatic rings. The summed E-state index contributed by atoms with van der Waals surface area (Å²) in [5.74, 6) is 0.673. The highest BCUT2D eigenvalue weighted by atomic mass is 35.5. The summed E-state index contributed by atoms with van der Waals surface area (Å²) < 4.78 is 11.0. The summed E-state index contributed by atoms with van der Waals surface area (Å²) in [6.45, 7) is 5.16. The van der Waals surface area contributed by atoms with E-state index in [4.69, 9.17) is 21.1 Å². The zero-order valence-electron chi connectivity index (χ0n) is 16.9. The average molecular weight is 417 g/mol. The number of anilines is 2. The van der Waals surface area contributed by atoms with Crippen molar-refractivity contribution >= 4 is 34.8 Å². The Bertz CT molecular complexity index is 929. The molecule has 0 atom stereocenters. The number of nitrogens with zero attached hydrogens (tertiary/aromatic N) is 1. The predicted octanol–water partition coefficient (Wildman–Crippen LogP) is 4.82. The molecule has 29 heavy (non-hydrogen) atoms. The van der Waals surface area contributed by atoms with E-state index in [1.165, 1.54) is 7.11 Å². The highest BCUT2D eigenvalue weighted by Gasteiger charge is 2.23. The number of rotatable bonds is 7. The summed E-state index contributed by atoms with van der Waals surface area (Å²) in [7, 11) is 1.51. The highest BCUT2D eigenvalue weighted by Crippen LogP contribution is 2.37. The number of aryl methyl sites for hydroxylation is 1. The van der Waals surface area contributed by atoms with Crippen LogP contribution < -0.4 is 19.7 Å². The van der Waals surface area contributed by atoms with Crippen molar-refractivity contribution in [1.29, 1.82) is 0 Å². The number of hydrogen-bond acceptors (Lipinski definition) is 4. The second kappa shape index (κ2) is 9.18. The topological polar surface area (TPSA) is 67.9 Å². The normalized spacial score (nSPS) is 13.5. The molecule has 6 nitrogen and oxygen atoms in total. The third kappa shape index (κ3) is 4.65. The maximum atomic E-state index is 12.7. The van der Waals surface area contributed by atoms with Crippen molar-refractivity contribution in [3.8, 4) is 11.5 Å². The van der Waals surface area contributed by atoms with Crippen molar-refractivity contribution in [3.63, 3.8) is 0 Å². The molecule has 0 radical (unpaired) electrons. The van der Waals surface area contributed by atoms with Gasteiger partial charge in [-0.15, -0.1) is 0 Å². The fourth-order valence-electron chi connectivity index (χ4n) is 3.34. The molecular formula is C22H25ClN2O4. The third-order valence-corrected chi connectivity index (χ3v) is 5.04. The van der Waals surface area contributed by atoms with Crippen molar-refractivity contribution < 1.29 is 19.1 Å². The van der Waals surface area contributed by atoms with Crippen LogP contribution in [0.2, 0.25) is 5.02 Å². The summed E-state index contributed by atoms with van der Waals surface area (Å²) >= 11 is 6.31. The molecule has 1 aliphatic heterocycles. The van der Waals surface area contributed by atoms with Gasteiger partial charge in [0.25, 0.3) is 5.91 Å². The lowest BCUT2D eigenvalue weighted by Gasteiger charge is -2.19. The summed E-state index contributed by atoms with van der Waals surface area (Å²) in [6.07, 6.45) is 2.29. The molecule has 154 valence electrons. The number of ether oxygens (including phenoxy) is 2. The molecule has 0 bridgehead atoms. The lowest BCUT2D eigenvalue weighted by atomic mass is 10.1. The van der Waals surface area contributed by atoms with Gasteiger partial charge in [-0.1, -0.05) is 18.5 Å². The minimum Gasteiger partial charge on any atom is -0.493 e. The van der Waals surface area contributed by atoms with E-state index in [9.17, 15) is 9.59 Å². The number of carbonyl (C=O) groups excluding carboxylic acids is 2. The van der Waals surface area contributed by atoms with Crippen LogP contribution in [0, 0.1) is 6.92 Å². The van der Waals surface area contributed by atoms with E-state index in [-0.39, 0.29) is 11.8 Å². The Hall–Kier alpha value is -2.73. The molecule has 2 aromatic carbocycles. The van der Waals surface area contributed by atoms with Crippen LogP contribution in [0.15, 0.2) is 30.3 Å². The van der Waals surface area contributed by atoms with Crippen LogP contribution in [0.3, 0.4) is 0 Å². The van der Waals surface area contributed by atoms with E-state index >= 15 is 0 Å². The molecule has 3 rings (SSSR count). The zero-order valence-corrected chi connectivity index (χ0v) is 17.6. The second-order valence-corrected chi connectivity index (χ2v) is 7.35. The molecule has 7 heteroatoms. The number of halogens is 1. The summed E-state index contributed by atoms with van der Waals surface area (Å²) in [4.78, 5) is 26.5. The summed E-state index contributed by atoms with van der Waals surface area (Å²) in [5, 5.41) is 3.19. The zero-order chi connectivity index (χ0) is 21.0. The molecule has 0 spiro atoms. The van der Waals surface area contributed by atoms with E-state index in [1.54, 1.807) is 23.1 Å². The highest BCUT2D eigenvalue weighted by molar-refractivity contribution is 6.32. The minimum absolute atomic E-state index is 0.136. The van der Waals surface area contributed by atoms with Gasteiger partial charge in [0.05, 0.1) is 18.7 Å². The van der Waals surface area contributed by atoms with Gasteiger partial charge in [0.1, 0.15) is 0 Å². The minimum atomic E-state index is -0.309. The first-order chi connectivity index (χ1) is 13.9. The Balaban J connectivity index is 1.78. The Morgan fingerprint density at radius 2 is 2.07 bits per heavy atom.